The summed E-state index contributed by atoms with van der Waals surface area (Å²) in [5, 5.41) is 3.88. The summed E-state index contributed by atoms with van der Waals surface area (Å²) in [6.07, 6.45) is -2.21. The number of esters is 1. The highest BCUT2D eigenvalue weighted by Gasteiger charge is 2.34. The molecular formula is C32H41F3N4O5. The molecule has 12 heteroatoms. The van der Waals surface area contributed by atoms with E-state index in [-0.39, 0.29) is 12.6 Å². The van der Waals surface area contributed by atoms with Gasteiger partial charge in [-0.3, -0.25) is 14.4 Å². The number of anilines is 1. The number of rotatable bonds is 11. The smallest absolute Gasteiger partial charge is 0.418 e. The zero-order valence-corrected chi connectivity index (χ0v) is 25.9. The summed E-state index contributed by atoms with van der Waals surface area (Å²) in [5.41, 5.74) is 4.21. The van der Waals surface area contributed by atoms with Gasteiger partial charge < -0.3 is 19.5 Å². The number of piperazine rings is 1. The number of hydrogen-bond donors (Lipinski definition) is 1. The molecule has 1 fully saturated rings. The molecule has 0 bridgehead atoms. The Morgan fingerprint density at radius 1 is 1.11 bits per heavy atom. The van der Waals surface area contributed by atoms with Gasteiger partial charge in [0.1, 0.15) is 5.75 Å². The second-order valence-corrected chi connectivity index (χ2v) is 11.0. The number of fused-ring (bicyclic) bond motifs is 1. The quantitative estimate of drug-likeness (QED) is 0.196. The van der Waals surface area contributed by atoms with Crippen LogP contribution in [0.25, 0.3) is 10.9 Å². The van der Waals surface area contributed by atoms with Crippen molar-refractivity contribution in [3.63, 3.8) is 0 Å². The van der Waals surface area contributed by atoms with Gasteiger partial charge in [0.2, 0.25) is 0 Å². The first kappa shape index (κ1) is 33.1. The Kier molecular flexibility index (Phi) is 10.8. The topological polar surface area (TPSA) is 85.3 Å². The molecule has 3 aromatic rings. The summed E-state index contributed by atoms with van der Waals surface area (Å²) in [6.45, 7) is 5.89. The van der Waals surface area contributed by atoms with E-state index in [1.54, 1.807) is 26.4 Å². The molecule has 0 saturated carbocycles. The summed E-state index contributed by atoms with van der Waals surface area (Å²) in [5.74, 6) is 0.167. The molecule has 240 valence electrons. The first-order chi connectivity index (χ1) is 21.0. The van der Waals surface area contributed by atoms with Crippen LogP contribution >= 0.6 is 0 Å². The minimum atomic E-state index is -4.25. The summed E-state index contributed by atoms with van der Waals surface area (Å²) < 4.78 is 57.1. The summed E-state index contributed by atoms with van der Waals surface area (Å²) in [4.78, 5) is 29.3. The number of alkyl halides is 3. The van der Waals surface area contributed by atoms with Crippen LogP contribution in [0, 0.1) is 6.92 Å². The minimum Gasteiger partial charge on any atom is -0.496 e. The predicted octanol–water partition coefficient (Wildman–Crippen LogP) is 6.38. The molecule has 0 radical (unpaired) electrons. The van der Waals surface area contributed by atoms with Crippen LogP contribution < -0.4 is 10.1 Å². The SMILES string of the molecule is CCCCOC(=O)n1ccc2c(CN3CCN(CCC(F)(F)F)CC3c3ccc(C(=O)OC)c(NC)c3)c(OC)cc(C)c21. The lowest BCUT2D eigenvalue weighted by Crippen LogP contribution is -2.48. The first-order valence-corrected chi connectivity index (χ1v) is 14.8. The standard InChI is InChI=1S/C32H41F3N4O5/c1-6-7-16-44-31(41)39-12-10-23-25(28(42-4)17-21(2)29(23)39)19-38-15-14-37(13-11-32(33,34)35)20-27(38)22-8-9-24(30(40)43-5)26(18-22)36-3/h8-10,12,17-18,27,36H,6-7,11,13-16,19-20H2,1-5H3. The predicted molar refractivity (Wildman–Crippen MR) is 162 cm³/mol. The third-order valence-corrected chi connectivity index (χ3v) is 8.12. The molecular weight excluding hydrogens is 577 g/mol. The van der Waals surface area contributed by atoms with E-state index in [9.17, 15) is 22.8 Å². The Hall–Kier alpha value is -3.77. The van der Waals surface area contributed by atoms with Gasteiger partial charge in [-0.05, 0) is 48.7 Å². The number of methoxy groups -OCH3 is 2. The molecule has 1 aliphatic heterocycles. The van der Waals surface area contributed by atoms with E-state index >= 15 is 0 Å². The van der Waals surface area contributed by atoms with Gasteiger partial charge in [-0.15, -0.1) is 0 Å². The van der Waals surface area contributed by atoms with Gasteiger partial charge in [0.05, 0.1) is 38.3 Å². The van der Waals surface area contributed by atoms with Crippen molar-refractivity contribution < 1.29 is 37.0 Å². The van der Waals surface area contributed by atoms with Crippen LogP contribution in [0.15, 0.2) is 36.5 Å². The summed E-state index contributed by atoms with van der Waals surface area (Å²) in [7, 11) is 4.61. The van der Waals surface area contributed by atoms with E-state index in [2.05, 4.69) is 10.2 Å². The highest BCUT2D eigenvalue weighted by molar-refractivity contribution is 5.96. The molecule has 2 aromatic carbocycles. The van der Waals surface area contributed by atoms with Gasteiger partial charge in [0, 0.05) is 68.6 Å². The van der Waals surface area contributed by atoms with E-state index in [0.717, 1.165) is 40.4 Å². The number of carbonyl (C=O) groups excluding carboxylic acids is 2. The normalized spacial score (nSPS) is 16.2. The zero-order valence-electron chi connectivity index (χ0n) is 25.9. The van der Waals surface area contributed by atoms with Crippen LogP contribution in [-0.2, 0) is 16.0 Å². The molecule has 1 aliphatic rings. The van der Waals surface area contributed by atoms with Gasteiger partial charge in [-0.25, -0.2) is 9.59 Å². The van der Waals surface area contributed by atoms with Gasteiger partial charge in [-0.2, -0.15) is 13.2 Å². The van der Waals surface area contributed by atoms with Gasteiger partial charge in [0.15, 0.2) is 0 Å². The average molecular weight is 619 g/mol. The lowest BCUT2D eigenvalue weighted by Gasteiger charge is -2.42. The molecule has 9 nitrogen and oxygen atoms in total. The van der Waals surface area contributed by atoms with Crippen molar-refractivity contribution in [1.82, 2.24) is 14.4 Å². The van der Waals surface area contributed by atoms with Gasteiger partial charge in [-0.1, -0.05) is 19.4 Å². The molecule has 1 saturated heterocycles. The first-order valence-electron chi connectivity index (χ1n) is 14.8. The Balaban J connectivity index is 1.73. The van der Waals surface area contributed by atoms with Crippen molar-refractivity contribution in [1.29, 1.82) is 0 Å². The van der Waals surface area contributed by atoms with Crippen molar-refractivity contribution in [2.45, 2.75) is 51.9 Å². The number of hydrogen-bond acceptors (Lipinski definition) is 8. The third-order valence-electron chi connectivity index (χ3n) is 8.12. The Morgan fingerprint density at radius 2 is 1.89 bits per heavy atom. The maximum atomic E-state index is 13.1. The molecule has 44 heavy (non-hydrogen) atoms. The van der Waals surface area contributed by atoms with Crippen LogP contribution in [0.3, 0.4) is 0 Å². The maximum Gasteiger partial charge on any atom is 0.418 e. The van der Waals surface area contributed by atoms with E-state index in [1.165, 1.54) is 11.7 Å². The van der Waals surface area contributed by atoms with E-state index in [1.807, 2.05) is 43.0 Å². The number of unbranched alkanes of at least 4 members (excludes halogenated alkanes) is 1. The lowest BCUT2D eigenvalue weighted by atomic mass is 9.97. The summed E-state index contributed by atoms with van der Waals surface area (Å²) in [6, 6.07) is 8.82. The monoisotopic (exact) mass is 618 g/mol. The van der Waals surface area contributed by atoms with Gasteiger partial charge >= 0.3 is 18.2 Å². The lowest BCUT2D eigenvalue weighted by molar-refractivity contribution is -0.139. The van der Waals surface area contributed by atoms with E-state index in [4.69, 9.17) is 14.2 Å². The number of aromatic nitrogens is 1. The molecule has 4 rings (SSSR count). The number of nitrogens with zero attached hydrogens (tertiary/aromatic N) is 3. The highest BCUT2D eigenvalue weighted by atomic mass is 19.4. The molecule has 0 spiro atoms. The van der Waals surface area contributed by atoms with Gasteiger partial charge in [0.25, 0.3) is 0 Å². The van der Waals surface area contributed by atoms with Crippen LogP contribution in [0.5, 0.6) is 5.75 Å². The number of halogens is 3. The number of ether oxygens (including phenoxy) is 3. The van der Waals surface area contributed by atoms with E-state index in [0.29, 0.717) is 49.8 Å². The molecule has 0 aliphatic carbocycles. The fraction of sp³-hybridized carbons (Fsp3) is 0.500. The molecule has 1 aromatic heterocycles. The molecule has 0 amide bonds. The fourth-order valence-corrected chi connectivity index (χ4v) is 5.77. The Bertz CT molecular complexity index is 1470. The van der Waals surface area contributed by atoms with Crippen LogP contribution in [0.4, 0.5) is 23.7 Å². The van der Waals surface area contributed by atoms with Crippen molar-refractivity contribution in [3.8, 4) is 5.75 Å². The van der Waals surface area contributed by atoms with E-state index < -0.39 is 24.7 Å². The molecule has 1 atom stereocenters. The second kappa shape index (κ2) is 14.3. The average Bonchev–Trinajstić information content (AvgIpc) is 3.47. The maximum absolute atomic E-state index is 13.1. The minimum absolute atomic E-state index is 0.103. The summed E-state index contributed by atoms with van der Waals surface area (Å²) >= 11 is 0. The number of aryl methyl sites for hydroxylation is 1. The van der Waals surface area contributed by atoms with Crippen molar-refractivity contribution >= 4 is 28.7 Å². The third kappa shape index (κ3) is 7.47. The fourth-order valence-electron chi connectivity index (χ4n) is 5.77. The molecule has 1 N–H and O–H groups in total. The number of benzene rings is 2. The Morgan fingerprint density at radius 3 is 2.55 bits per heavy atom. The molecule has 2 heterocycles. The number of carbonyl (C=O) groups is 2. The van der Waals surface area contributed by atoms with Crippen LogP contribution in [0.2, 0.25) is 0 Å². The van der Waals surface area contributed by atoms with Crippen molar-refractivity contribution in [2.24, 2.45) is 0 Å². The van der Waals surface area contributed by atoms with Crippen molar-refractivity contribution in [2.75, 3.05) is 59.4 Å². The van der Waals surface area contributed by atoms with Crippen LogP contribution in [-0.4, -0.2) is 86.7 Å². The Labute approximate surface area is 255 Å². The highest BCUT2D eigenvalue weighted by Crippen LogP contribution is 2.37. The van der Waals surface area contributed by atoms with Crippen LogP contribution in [0.1, 0.15) is 59.3 Å². The second-order valence-electron chi connectivity index (χ2n) is 11.0. The largest absolute Gasteiger partial charge is 0.496 e. The molecule has 1 unspecified atom stereocenters. The van der Waals surface area contributed by atoms with Crippen molar-refractivity contribution in [3.05, 3.63) is 58.8 Å². The zero-order chi connectivity index (χ0) is 32.0. The number of nitrogens with one attached hydrogen (secondary N) is 1.